The fourth-order valence-corrected chi connectivity index (χ4v) is 2.03. The van der Waals surface area contributed by atoms with Gasteiger partial charge < -0.3 is 15.4 Å². The summed E-state index contributed by atoms with van der Waals surface area (Å²) < 4.78 is 5.06. The second kappa shape index (κ2) is 7.79. The van der Waals surface area contributed by atoms with E-state index < -0.39 is 0 Å². The Morgan fingerprint density at radius 1 is 1.42 bits per heavy atom. The number of hydrogen-bond acceptors (Lipinski definition) is 3. The fourth-order valence-electron chi connectivity index (χ4n) is 2.03. The van der Waals surface area contributed by atoms with Crippen molar-refractivity contribution in [2.75, 3.05) is 26.0 Å². The second-order valence-corrected chi connectivity index (χ2v) is 4.87. The standard InChI is InChI=1S/C15H24N2O2/c1-4-17(15(18)9-12(2)11-19-3)10-13-7-5-6-8-14(13)16/h5-8,12H,4,9-11,16H2,1-3H3. The number of carbonyl (C=O) groups is 1. The molecule has 4 heteroatoms. The van der Waals surface area contributed by atoms with Gasteiger partial charge in [-0.3, -0.25) is 4.79 Å². The zero-order valence-corrected chi connectivity index (χ0v) is 12.1. The van der Waals surface area contributed by atoms with Crippen LogP contribution in [0.2, 0.25) is 0 Å². The molecule has 1 rings (SSSR count). The number of benzene rings is 1. The van der Waals surface area contributed by atoms with E-state index in [1.807, 2.05) is 43.0 Å². The molecule has 0 heterocycles. The molecule has 0 fully saturated rings. The lowest BCUT2D eigenvalue weighted by atomic mass is 10.1. The molecular formula is C15H24N2O2. The Bertz CT molecular complexity index is 407. The van der Waals surface area contributed by atoms with Gasteiger partial charge in [0.25, 0.3) is 0 Å². The summed E-state index contributed by atoms with van der Waals surface area (Å²) in [6, 6.07) is 7.67. The Hall–Kier alpha value is -1.55. The Labute approximate surface area is 115 Å². The number of ether oxygens (including phenoxy) is 1. The van der Waals surface area contributed by atoms with Gasteiger partial charge in [0.05, 0.1) is 0 Å². The summed E-state index contributed by atoms with van der Waals surface area (Å²) in [6.45, 7) is 5.87. The molecule has 1 aromatic rings. The highest BCUT2D eigenvalue weighted by Gasteiger charge is 2.16. The van der Waals surface area contributed by atoms with Crippen molar-refractivity contribution in [3.63, 3.8) is 0 Å². The third-order valence-electron chi connectivity index (χ3n) is 3.12. The first-order valence-corrected chi connectivity index (χ1v) is 6.68. The summed E-state index contributed by atoms with van der Waals surface area (Å²) in [5.41, 5.74) is 7.65. The largest absolute Gasteiger partial charge is 0.398 e. The van der Waals surface area contributed by atoms with E-state index in [9.17, 15) is 4.79 Å². The zero-order chi connectivity index (χ0) is 14.3. The van der Waals surface area contributed by atoms with Gasteiger partial charge in [-0.25, -0.2) is 0 Å². The molecule has 1 aromatic carbocycles. The summed E-state index contributed by atoms with van der Waals surface area (Å²) in [7, 11) is 1.66. The van der Waals surface area contributed by atoms with Crippen LogP contribution in [0, 0.1) is 5.92 Å². The Kier molecular flexibility index (Phi) is 6.36. The predicted molar refractivity (Wildman–Crippen MR) is 77.6 cm³/mol. The molecular weight excluding hydrogens is 240 g/mol. The minimum absolute atomic E-state index is 0.148. The van der Waals surface area contributed by atoms with Crippen molar-refractivity contribution in [1.29, 1.82) is 0 Å². The molecule has 0 saturated carbocycles. The van der Waals surface area contributed by atoms with Crippen LogP contribution >= 0.6 is 0 Å². The second-order valence-electron chi connectivity index (χ2n) is 4.87. The maximum atomic E-state index is 12.2. The van der Waals surface area contributed by atoms with E-state index in [1.165, 1.54) is 0 Å². The fraction of sp³-hybridized carbons (Fsp3) is 0.533. The van der Waals surface area contributed by atoms with Crippen molar-refractivity contribution in [2.45, 2.75) is 26.8 Å². The summed E-state index contributed by atoms with van der Waals surface area (Å²) in [6.07, 6.45) is 0.508. The molecule has 0 aliphatic rings. The van der Waals surface area contributed by atoms with Crippen molar-refractivity contribution in [3.8, 4) is 0 Å². The Morgan fingerprint density at radius 3 is 2.68 bits per heavy atom. The number of nitrogens with zero attached hydrogens (tertiary/aromatic N) is 1. The molecule has 0 bridgehead atoms. The Morgan fingerprint density at radius 2 is 2.11 bits per heavy atom. The molecule has 1 atom stereocenters. The van der Waals surface area contributed by atoms with E-state index in [0.717, 1.165) is 11.3 Å². The van der Waals surface area contributed by atoms with E-state index in [1.54, 1.807) is 7.11 Å². The molecule has 0 aliphatic heterocycles. The van der Waals surface area contributed by atoms with Crippen molar-refractivity contribution < 1.29 is 9.53 Å². The molecule has 0 aliphatic carbocycles. The number of rotatable bonds is 7. The van der Waals surface area contributed by atoms with Crippen LogP contribution in [0.1, 0.15) is 25.8 Å². The van der Waals surface area contributed by atoms with Gasteiger partial charge in [0, 0.05) is 38.9 Å². The lowest BCUT2D eigenvalue weighted by molar-refractivity contribution is -0.132. The predicted octanol–water partition coefficient (Wildman–Crippen LogP) is 2.29. The van der Waals surface area contributed by atoms with Gasteiger partial charge in [0.15, 0.2) is 0 Å². The average Bonchev–Trinajstić information content (AvgIpc) is 2.37. The van der Waals surface area contributed by atoms with Crippen molar-refractivity contribution in [2.24, 2.45) is 5.92 Å². The van der Waals surface area contributed by atoms with Gasteiger partial charge in [-0.2, -0.15) is 0 Å². The van der Waals surface area contributed by atoms with E-state index in [-0.39, 0.29) is 11.8 Å². The quantitative estimate of drug-likeness (QED) is 0.769. The lowest BCUT2D eigenvalue weighted by Gasteiger charge is -2.23. The first-order valence-electron chi connectivity index (χ1n) is 6.68. The van der Waals surface area contributed by atoms with E-state index in [2.05, 4.69) is 0 Å². The van der Waals surface area contributed by atoms with Crippen LogP contribution in [-0.2, 0) is 16.1 Å². The number of nitrogens with two attached hydrogens (primary N) is 1. The number of para-hydroxylation sites is 1. The van der Waals surface area contributed by atoms with E-state index in [0.29, 0.717) is 26.1 Å². The van der Waals surface area contributed by atoms with Gasteiger partial charge >= 0.3 is 0 Å². The molecule has 0 radical (unpaired) electrons. The molecule has 19 heavy (non-hydrogen) atoms. The summed E-state index contributed by atoms with van der Waals surface area (Å²) in [4.78, 5) is 14.0. The Balaban J connectivity index is 2.63. The maximum absolute atomic E-state index is 12.2. The first kappa shape index (κ1) is 15.5. The van der Waals surface area contributed by atoms with Crippen LogP contribution in [0.15, 0.2) is 24.3 Å². The highest BCUT2D eigenvalue weighted by Crippen LogP contribution is 2.15. The monoisotopic (exact) mass is 264 g/mol. The first-order chi connectivity index (χ1) is 9.08. The SMILES string of the molecule is CCN(Cc1ccccc1N)C(=O)CC(C)COC. The topological polar surface area (TPSA) is 55.6 Å². The number of methoxy groups -OCH3 is 1. The molecule has 1 unspecified atom stereocenters. The van der Waals surface area contributed by atoms with Crippen LogP contribution in [0.25, 0.3) is 0 Å². The van der Waals surface area contributed by atoms with Gasteiger partial charge in [-0.1, -0.05) is 25.1 Å². The molecule has 1 amide bonds. The van der Waals surface area contributed by atoms with Crippen LogP contribution in [-0.4, -0.2) is 31.1 Å². The zero-order valence-electron chi connectivity index (χ0n) is 12.1. The van der Waals surface area contributed by atoms with Crippen LogP contribution in [0.4, 0.5) is 5.69 Å². The molecule has 0 spiro atoms. The molecule has 4 nitrogen and oxygen atoms in total. The smallest absolute Gasteiger partial charge is 0.223 e. The van der Waals surface area contributed by atoms with Crippen LogP contribution in [0.3, 0.4) is 0 Å². The van der Waals surface area contributed by atoms with Crippen LogP contribution < -0.4 is 5.73 Å². The minimum atomic E-state index is 0.148. The van der Waals surface area contributed by atoms with Crippen molar-refractivity contribution in [1.82, 2.24) is 4.90 Å². The van der Waals surface area contributed by atoms with E-state index >= 15 is 0 Å². The highest BCUT2D eigenvalue weighted by atomic mass is 16.5. The third kappa shape index (κ3) is 4.91. The number of anilines is 1. The number of nitrogen functional groups attached to an aromatic ring is 1. The number of amides is 1. The number of hydrogen-bond donors (Lipinski definition) is 1. The van der Waals surface area contributed by atoms with Crippen molar-refractivity contribution >= 4 is 11.6 Å². The number of carbonyl (C=O) groups excluding carboxylic acids is 1. The third-order valence-corrected chi connectivity index (χ3v) is 3.12. The van der Waals surface area contributed by atoms with Crippen LogP contribution in [0.5, 0.6) is 0 Å². The highest BCUT2D eigenvalue weighted by molar-refractivity contribution is 5.76. The lowest BCUT2D eigenvalue weighted by Crippen LogP contribution is -2.32. The maximum Gasteiger partial charge on any atom is 0.223 e. The molecule has 0 aromatic heterocycles. The average molecular weight is 264 g/mol. The van der Waals surface area contributed by atoms with Gasteiger partial charge in [0.1, 0.15) is 0 Å². The minimum Gasteiger partial charge on any atom is -0.398 e. The van der Waals surface area contributed by atoms with E-state index in [4.69, 9.17) is 10.5 Å². The normalized spacial score (nSPS) is 12.2. The van der Waals surface area contributed by atoms with Gasteiger partial charge in [-0.15, -0.1) is 0 Å². The summed E-state index contributed by atoms with van der Waals surface area (Å²) >= 11 is 0. The molecule has 2 N–H and O–H groups in total. The van der Waals surface area contributed by atoms with Gasteiger partial charge in [-0.05, 0) is 24.5 Å². The summed E-state index contributed by atoms with van der Waals surface area (Å²) in [5.74, 6) is 0.384. The van der Waals surface area contributed by atoms with Crippen molar-refractivity contribution in [3.05, 3.63) is 29.8 Å². The molecule has 0 saturated heterocycles. The summed E-state index contributed by atoms with van der Waals surface area (Å²) in [5, 5.41) is 0. The van der Waals surface area contributed by atoms with Gasteiger partial charge in [0.2, 0.25) is 5.91 Å². The molecule has 106 valence electrons.